The molecule has 0 bridgehead atoms. The summed E-state index contributed by atoms with van der Waals surface area (Å²) in [7, 11) is 0. The summed E-state index contributed by atoms with van der Waals surface area (Å²) in [5, 5.41) is 3.78. The van der Waals surface area contributed by atoms with Crippen molar-refractivity contribution in [2.75, 3.05) is 6.61 Å². The van der Waals surface area contributed by atoms with Gasteiger partial charge in [-0.1, -0.05) is 15.9 Å². The molecule has 3 rings (SSSR count). The van der Waals surface area contributed by atoms with Crippen molar-refractivity contribution < 1.29 is 4.74 Å². The summed E-state index contributed by atoms with van der Waals surface area (Å²) in [6.45, 7) is 5.18. The SMILES string of the molecule is Cc1cc2c(c(C)c1Br)C(NC1CC1)CCCO2. The molecule has 1 N–H and O–H groups in total. The molecule has 0 radical (unpaired) electrons. The fraction of sp³-hybridized carbons (Fsp3) is 0.600. The highest BCUT2D eigenvalue weighted by atomic mass is 79.9. The topological polar surface area (TPSA) is 21.3 Å². The first-order valence-corrected chi connectivity index (χ1v) is 7.64. The maximum absolute atomic E-state index is 5.94. The van der Waals surface area contributed by atoms with Gasteiger partial charge in [0.2, 0.25) is 0 Å². The van der Waals surface area contributed by atoms with Gasteiger partial charge in [0.25, 0.3) is 0 Å². The molecule has 1 aromatic rings. The van der Waals surface area contributed by atoms with Crippen molar-refractivity contribution in [2.45, 2.75) is 51.6 Å². The smallest absolute Gasteiger partial charge is 0.124 e. The average Bonchev–Trinajstić information content (AvgIpc) is 3.15. The number of ether oxygens (including phenoxy) is 1. The van der Waals surface area contributed by atoms with Crippen LogP contribution in [0.5, 0.6) is 5.75 Å². The van der Waals surface area contributed by atoms with Crippen LogP contribution in [-0.2, 0) is 0 Å². The normalized spacial score (nSPS) is 23.2. The maximum Gasteiger partial charge on any atom is 0.124 e. The molecule has 1 saturated carbocycles. The Morgan fingerprint density at radius 3 is 2.78 bits per heavy atom. The van der Waals surface area contributed by atoms with E-state index in [4.69, 9.17) is 4.74 Å². The quantitative estimate of drug-likeness (QED) is 0.890. The third kappa shape index (κ3) is 2.30. The molecule has 1 aliphatic carbocycles. The average molecular weight is 310 g/mol. The standard InChI is InChI=1S/C15H20BrNO/c1-9-8-13-14(10(2)15(9)16)12(4-3-7-18-13)17-11-5-6-11/h8,11-12,17H,3-7H2,1-2H3. The van der Waals surface area contributed by atoms with E-state index < -0.39 is 0 Å². The second kappa shape index (κ2) is 4.86. The molecule has 1 heterocycles. The molecule has 18 heavy (non-hydrogen) atoms. The Morgan fingerprint density at radius 2 is 2.06 bits per heavy atom. The van der Waals surface area contributed by atoms with Gasteiger partial charge in [-0.05, 0) is 56.7 Å². The van der Waals surface area contributed by atoms with E-state index in [1.165, 1.54) is 40.4 Å². The van der Waals surface area contributed by atoms with Crippen molar-refractivity contribution in [3.63, 3.8) is 0 Å². The number of fused-ring (bicyclic) bond motifs is 1. The molecule has 1 aliphatic heterocycles. The lowest BCUT2D eigenvalue weighted by atomic mass is 9.95. The van der Waals surface area contributed by atoms with E-state index in [0.29, 0.717) is 6.04 Å². The number of aryl methyl sites for hydroxylation is 1. The van der Waals surface area contributed by atoms with Crippen LogP contribution in [0.15, 0.2) is 10.5 Å². The van der Waals surface area contributed by atoms with Crippen LogP contribution in [0.4, 0.5) is 0 Å². The Kier molecular flexibility index (Phi) is 3.37. The fourth-order valence-corrected chi connectivity index (χ4v) is 3.13. The Labute approximate surface area is 117 Å². The van der Waals surface area contributed by atoms with Crippen molar-refractivity contribution in [1.82, 2.24) is 5.32 Å². The molecule has 3 heteroatoms. The predicted molar refractivity (Wildman–Crippen MR) is 77.2 cm³/mol. The van der Waals surface area contributed by atoms with Crippen LogP contribution in [0.2, 0.25) is 0 Å². The molecule has 1 atom stereocenters. The van der Waals surface area contributed by atoms with Gasteiger partial charge in [-0.25, -0.2) is 0 Å². The molecular weight excluding hydrogens is 290 g/mol. The van der Waals surface area contributed by atoms with E-state index >= 15 is 0 Å². The number of benzene rings is 1. The van der Waals surface area contributed by atoms with Crippen molar-refractivity contribution >= 4 is 15.9 Å². The van der Waals surface area contributed by atoms with Gasteiger partial charge in [0.1, 0.15) is 5.75 Å². The van der Waals surface area contributed by atoms with Gasteiger partial charge in [0.15, 0.2) is 0 Å². The summed E-state index contributed by atoms with van der Waals surface area (Å²) in [6.07, 6.45) is 4.98. The maximum atomic E-state index is 5.94. The van der Waals surface area contributed by atoms with Crippen LogP contribution in [-0.4, -0.2) is 12.6 Å². The highest BCUT2D eigenvalue weighted by Gasteiger charge is 2.29. The van der Waals surface area contributed by atoms with Gasteiger partial charge in [0.05, 0.1) is 6.61 Å². The second-order valence-electron chi connectivity index (χ2n) is 5.53. The lowest BCUT2D eigenvalue weighted by Crippen LogP contribution is -2.24. The molecule has 0 aromatic heterocycles. The first-order chi connectivity index (χ1) is 8.66. The summed E-state index contributed by atoms with van der Waals surface area (Å²) >= 11 is 3.71. The summed E-state index contributed by atoms with van der Waals surface area (Å²) in [5.41, 5.74) is 3.97. The van der Waals surface area contributed by atoms with Crippen LogP contribution in [0.3, 0.4) is 0 Å². The van der Waals surface area contributed by atoms with Gasteiger partial charge in [-0.3, -0.25) is 0 Å². The lowest BCUT2D eigenvalue weighted by molar-refractivity contribution is 0.315. The molecule has 98 valence electrons. The van der Waals surface area contributed by atoms with Crippen LogP contribution >= 0.6 is 15.9 Å². The Morgan fingerprint density at radius 1 is 1.28 bits per heavy atom. The molecule has 0 spiro atoms. The van der Waals surface area contributed by atoms with Crippen molar-refractivity contribution in [3.05, 3.63) is 27.2 Å². The number of hydrogen-bond donors (Lipinski definition) is 1. The van der Waals surface area contributed by atoms with E-state index in [-0.39, 0.29) is 0 Å². The molecular formula is C15H20BrNO. The van der Waals surface area contributed by atoms with E-state index in [2.05, 4.69) is 41.2 Å². The van der Waals surface area contributed by atoms with Crippen molar-refractivity contribution in [2.24, 2.45) is 0 Å². The van der Waals surface area contributed by atoms with E-state index in [1.807, 2.05) is 0 Å². The summed E-state index contributed by atoms with van der Waals surface area (Å²) in [5.74, 6) is 1.09. The molecule has 2 aliphatic rings. The van der Waals surface area contributed by atoms with E-state index in [0.717, 1.165) is 24.8 Å². The third-order valence-corrected chi connectivity index (χ3v) is 5.17. The monoisotopic (exact) mass is 309 g/mol. The van der Waals surface area contributed by atoms with Gasteiger partial charge in [-0.15, -0.1) is 0 Å². The zero-order valence-corrected chi connectivity index (χ0v) is 12.6. The molecule has 1 fully saturated rings. The van der Waals surface area contributed by atoms with Crippen LogP contribution in [0, 0.1) is 13.8 Å². The largest absolute Gasteiger partial charge is 0.493 e. The molecule has 0 amide bonds. The van der Waals surface area contributed by atoms with Crippen LogP contribution in [0.25, 0.3) is 0 Å². The Hall–Kier alpha value is -0.540. The van der Waals surface area contributed by atoms with E-state index in [1.54, 1.807) is 0 Å². The third-order valence-electron chi connectivity index (χ3n) is 3.95. The van der Waals surface area contributed by atoms with Gasteiger partial charge in [0, 0.05) is 22.1 Å². The predicted octanol–water partition coefficient (Wildman–Crippen LogP) is 4.03. The highest BCUT2D eigenvalue weighted by molar-refractivity contribution is 9.10. The minimum atomic E-state index is 0.465. The zero-order valence-electron chi connectivity index (χ0n) is 11.1. The molecule has 0 saturated heterocycles. The number of rotatable bonds is 2. The Balaban J connectivity index is 2.03. The first-order valence-electron chi connectivity index (χ1n) is 6.85. The minimum Gasteiger partial charge on any atom is -0.493 e. The molecule has 1 aromatic carbocycles. The van der Waals surface area contributed by atoms with Crippen LogP contribution in [0.1, 0.15) is 48.4 Å². The molecule has 2 nitrogen and oxygen atoms in total. The number of nitrogens with one attached hydrogen (secondary N) is 1. The number of halogens is 1. The first kappa shape index (κ1) is 12.5. The fourth-order valence-electron chi connectivity index (χ4n) is 2.80. The molecule has 1 unspecified atom stereocenters. The van der Waals surface area contributed by atoms with Gasteiger partial charge in [-0.2, -0.15) is 0 Å². The van der Waals surface area contributed by atoms with Gasteiger partial charge >= 0.3 is 0 Å². The minimum absolute atomic E-state index is 0.465. The summed E-state index contributed by atoms with van der Waals surface area (Å²) in [4.78, 5) is 0. The van der Waals surface area contributed by atoms with E-state index in [9.17, 15) is 0 Å². The van der Waals surface area contributed by atoms with Gasteiger partial charge < -0.3 is 10.1 Å². The van der Waals surface area contributed by atoms with Crippen molar-refractivity contribution in [1.29, 1.82) is 0 Å². The summed E-state index contributed by atoms with van der Waals surface area (Å²) < 4.78 is 7.17. The zero-order chi connectivity index (χ0) is 12.7. The highest BCUT2D eigenvalue weighted by Crippen LogP contribution is 2.40. The van der Waals surface area contributed by atoms with Crippen LogP contribution < -0.4 is 10.1 Å². The Bertz CT molecular complexity index is 468. The lowest BCUT2D eigenvalue weighted by Gasteiger charge is -2.22. The second-order valence-corrected chi connectivity index (χ2v) is 6.32. The summed E-state index contributed by atoms with van der Waals surface area (Å²) in [6, 6.07) is 3.38. The number of hydrogen-bond acceptors (Lipinski definition) is 2. The van der Waals surface area contributed by atoms with Crippen molar-refractivity contribution in [3.8, 4) is 5.75 Å².